The number of nitrogens with zero attached hydrogens (tertiary/aromatic N) is 2. The molecule has 0 aliphatic rings. The molecule has 0 fully saturated rings. The fourth-order valence-electron chi connectivity index (χ4n) is 1.39. The predicted octanol–water partition coefficient (Wildman–Crippen LogP) is 2.57. The quantitative estimate of drug-likeness (QED) is 0.799. The van der Waals surface area contributed by atoms with Crippen LogP contribution in [0.4, 0.5) is 5.95 Å². The van der Waals surface area contributed by atoms with Crippen LogP contribution < -0.4 is 10.1 Å². The molecule has 0 spiro atoms. The Labute approximate surface area is 119 Å². The van der Waals surface area contributed by atoms with Gasteiger partial charge in [0.2, 0.25) is 11.8 Å². The van der Waals surface area contributed by atoms with Crippen molar-refractivity contribution in [2.45, 2.75) is 46.6 Å². The third-order valence-corrected chi connectivity index (χ3v) is 3.61. The molecule has 0 aliphatic heterocycles. The van der Waals surface area contributed by atoms with Crippen LogP contribution >= 0.6 is 0 Å². The molecule has 0 bridgehead atoms. The zero-order valence-corrected chi connectivity index (χ0v) is 12.7. The van der Waals surface area contributed by atoms with Gasteiger partial charge < -0.3 is 15.2 Å². The molecule has 0 saturated heterocycles. The first-order valence-corrected chi connectivity index (χ1v) is 6.68. The minimum Gasteiger partial charge on any atom is -0.481 e. The van der Waals surface area contributed by atoms with Gasteiger partial charge in [0, 0.05) is 12.3 Å². The Morgan fingerprint density at radius 3 is 2.60 bits per heavy atom. The molecule has 112 valence electrons. The Hall–Kier alpha value is -1.85. The summed E-state index contributed by atoms with van der Waals surface area (Å²) in [5.41, 5.74) is -1.70. The summed E-state index contributed by atoms with van der Waals surface area (Å²) < 4.78 is 5.44. The minimum absolute atomic E-state index is 0.359. The van der Waals surface area contributed by atoms with Crippen molar-refractivity contribution >= 4 is 11.9 Å². The predicted molar refractivity (Wildman–Crippen MR) is 76.9 cm³/mol. The Bertz CT molecular complexity index is 472. The highest BCUT2D eigenvalue weighted by atomic mass is 16.5. The Morgan fingerprint density at radius 1 is 1.40 bits per heavy atom. The van der Waals surface area contributed by atoms with Crippen molar-refractivity contribution < 1.29 is 14.6 Å². The van der Waals surface area contributed by atoms with Crippen molar-refractivity contribution in [2.24, 2.45) is 5.41 Å². The van der Waals surface area contributed by atoms with E-state index in [9.17, 15) is 9.90 Å². The second-order valence-electron chi connectivity index (χ2n) is 5.75. The van der Waals surface area contributed by atoms with Crippen molar-refractivity contribution in [1.82, 2.24) is 9.97 Å². The van der Waals surface area contributed by atoms with Crippen LogP contribution in [0.1, 0.15) is 41.0 Å². The fraction of sp³-hybridized carbons (Fsp3) is 0.643. The number of aromatic nitrogens is 2. The summed E-state index contributed by atoms with van der Waals surface area (Å²) >= 11 is 0. The summed E-state index contributed by atoms with van der Waals surface area (Å²) in [6.45, 7) is 9.55. The summed E-state index contributed by atoms with van der Waals surface area (Å²) in [5, 5.41) is 12.4. The van der Waals surface area contributed by atoms with Gasteiger partial charge in [-0.15, -0.1) is 0 Å². The van der Waals surface area contributed by atoms with E-state index < -0.39 is 16.9 Å². The number of aliphatic carboxylic acids is 1. The second kappa shape index (κ2) is 6.07. The third-order valence-electron chi connectivity index (χ3n) is 3.61. The first kappa shape index (κ1) is 16.2. The molecule has 0 unspecified atom stereocenters. The van der Waals surface area contributed by atoms with E-state index in [1.807, 2.05) is 20.8 Å². The molecule has 0 amide bonds. The van der Waals surface area contributed by atoms with E-state index in [1.165, 1.54) is 0 Å². The first-order chi connectivity index (χ1) is 9.20. The van der Waals surface area contributed by atoms with Gasteiger partial charge in [-0.25, -0.2) is 4.98 Å². The average Bonchev–Trinajstić information content (AvgIpc) is 2.35. The number of carboxylic acid groups (broad SMARTS) is 1. The molecule has 20 heavy (non-hydrogen) atoms. The summed E-state index contributed by atoms with van der Waals surface area (Å²) in [4.78, 5) is 19.7. The SMILES string of the molecule is CCCOc1ccnc(NC(C)(C)C(C)(C)C(=O)O)n1. The summed E-state index contributed by atoms with van der Waals surface area (Å²) in [5.74, 6) is -0.0420. The van der Waals surface area contributed by atoms with Crippen molar-refractivity contribution in [3.63, 3.8) is 0 Å². The molecule has 0 aromatic carbocycles. The summed E-state index contributed by atoms with van der Waals surface area (Å²) in [6.07, 6.45) is 2.48. The number of rotatable bonds is 7. The van der Waals surface area contributed by atoms with Crippen LogP contribution in [0.15, 0.2) is 12.3 Å². The lowest BCUT2D eigenvalue weighted by molar-refractivity contribution is -0.149. The highest BCUT2D eigenvalue weighted by molar-refractivity contribution is 5.76. The van der Waals surface area contributed by atoms with Crippen molar-refractivity contribution in [3.8, 4) is 5.88 Å². The van der Waals surface area contributed by atoms with Crippen molar-refractivity contribution in [2.75, 3.05) is 11.9 Å². The van der Waals surface area contributed by atoms with Gasteiger partial charge in [0.05, 0.1) is 17.6 Å². The van der Waals surface area contributed by atoms with Crippen LogP contribution in [0.2, 0.25) is 0 Å². The van der Waals surface area contributed by atoms with E-state index in [-0.39, 0.29) is 0 Å². The smallest absolute Gasteiger partial charge is 0.311 e. The van der Waals surface area contributed by atoms with E-state index in [0.29, 0.717) is 18.4 Å². The number of hydrogen-bond acceptors (Lipinski definition) is 5. The largest absolute Gasteiger partial charge is 0.481 e. The molecule has 0 aliphatic carbocycles. The zero-order chi connectivity index (χ0) is 15.4. The minimum atomic E-state index is -0.976. The van der Waals surface area contributed by atoms with Gasteiger partial charge in [0.1, 0.15) is 0 Å². The van der Waals surface area contributed by atoms with Crippen LogP contribution in [0.3, 0.4) is 0 Å². The lowest BCUT2D eigenvalue weighted by atomic mass is 9.74. The number of anilines is 1. The number of hydrogen-bond donors (Lipinski definition) is 2. The molecular formula is C14H23N3O3. The molecule has 1 rings (SSSR count). The molecule has 0 saturated carbocycles. The molecular weight excluding hydrogens is 258 g/mol. The van der Waals surface area contributed by atoms with Crippen LogP contribution in [0.5, 0.6) is 5.88 Å². The van der Waals surface area contributed by atoms with E-state index in [1.54, 1.807) is 26.1 Å². The normalized spacial score (nSPS) is 12.1. The van der Waals surface area contributed by atoms with Gasteiger partial charge in [0.25, 0.3) is 0 Å². The molecule has 6 heteroatoms. The van der Waals surface area contributed by atoms with Gasteiger partial charge in [0.15, 0.2) is 0 Å². The number of carboxylic acids is 1. The summed E-state index contributed by atoms with van der Waals surface area (Å²) in [6, 6.07) is 1.68. The lowest BCUT2D eigenvalue weighted by Gasteiger charge is -2.38. The molecule has 1 aromatic rings. The second-order valence-corrected chi connectivity index (χ2v) is 5.75. The average molecular weight is 281 g/mol. The van der Waals surface area contributed by atoms with Gasteiger partial charge in [-0.05, 0) is 34.1 Å². The van der Waals surface area contributed by atoms with Crippen molar-refractivity contribution in [1.29, 1.82) is 0 Å². The Kier molecular flexibility index (Phi) is 4.92. The maximum atomic E-state index is 11.4. The molecule has 2 N–H and O–H groups in total. The first-order valence-electron chi connectivity index (χ1n) is 6.68. The fourth-order valence-corrected chi connectivity index (χ4v) is 1.39. The highest BCUT2D eigenvalue weighted by Crippen LogP contribution is 2.33. The lowest BCUT2D eigenvalue weighted by Crippen LogP contribution is -2.50. The maximum Gasteiger partial charge on any atom is 0.311 e. The molecule has 0 atom stereocenters. The molecule has 1 aromatic heterocycles. The number of ether oxygens (including phenoxy) is 1. The number of carbonyl (C=O) groups is 1. The topological polar surface area (TPSA) is 84.3 Å². The highest BCUT2D eigenvalue weighted by Gasteiger charge is 2.44. The van der Waals surface area contributed by atoms with Crippen LogP contribution in [0, 0.1) is 5.41 Å². The Balaban J connectivity index is 2.89. The summed E-state index contributed by atoms with van der Waals surface area (Å²) in [7, 11) is 0. The molecule has 0 radical (unpaired) electrons. The number of nitrogens with one attached hydrogen (secondary N) is 1. The van der Waals surface area contributed by atoms with Crippen LogP contribution in [0.25, 0.3) is 0 Å². The van der Waals surface area contributed by atoms with Crippen LogP contribution in [-0.2, 0) is 4.79 Å². The third kappa shape index (κ3) is 3.59. The molecule has 6 nitrogen and oxygen atoms in total. The maximum absolute atomic E-state index is 11.4. The van der Waals surface area contributed by atoms with Gasteiger partial charge in [-0.2, -0.15) is 4.98 Å². The van der Waals surface area contributed by atoms with E-state index in [4.69, 9.17) is 4.74 Å². The van der Waals surface area contributed by atoms with Crippen molar-refractivity contribution in [3.05, 3.63) is 12.3 Å². The van der Waals surface area contributed by atoms with E-state index in [0.717, 1.165) is 6.42 Å². The Morgan fingerprint density at radius 2 is 2.05 bits per heavy atom. The van der Waals surface area contributed by atoms with Gasteiger partial charge in [-0.1, -0.05) is 6.92 Å². The van der Waals surface area contributed by atoms with E-state index in [2.05, 4.69) is 15.3 Å². The van der Waals surface area contributed by atoms with Crippen LogP contribution in [-0.4, -0.2) is 33.2 Å². The zero-order valence-electron chi connectivity index (χ0n) is 12.7. The van der Waals surface area contributed by atoms with E-state index >= 15 is 0 Å². The molecule has 1 heterocycles. The standard InChI is InChI=1S/C14H23N3O3/c1-6-9-20-10-7-8-15-12(16-10)17-14(4,5)13(2,3)11(18)19/h7-8H,6,9H2,1-5H3,(H,18,19)(H,15,16,17). The van der Waals surface area contributed by atoms with Gasteiger partial charge >= 0.3 is 5.97 Å². The van der Waals surface area contributed by atoms with Gasteiger partial charge in [-0.3, -0.25) is 4.79 Å². The monoisotopic (exact) mass is 281 g/mol.